The highest BCUT2D eigenvalue weighted by atomic mass is 35.5. The molecule has 3 saturated heterocycles. The zero-order chi connectivity index (χ0) is 17.8. The van der Waals surface area contributed by atoms with Gasteiger partial charge in [-0.3, -0.25) is 9.59 Å². The maximum atomic E-state index is 13.3. The molecule has 0 aliphatic carbocycles. The van der Waals surface area contributed by atoms with Crippen LogP contribution in [0.3, 0.4) is 0 Å². The van der Waals surface area contributed by atoms with E-state index in [1.807, 2.05) is 66.4 Å². The topological polar surface area (TPSA) is 41.8 Å². The molecule has 5 atom stereocenters. The first-order valence-electron chi connectivity index (χ1n) is 8.78. The lowest BCUT2D eigenvalue weighted by molar-refractivity contribution is -0.924. The third kappa shape index (κ3) is 2.27. The summed E-state index contributed by atoms with van der Waals surface area (Å²) in [5.74, 6) is 1.21. The van der Waals surface area contributed by atoms with E-state index in [1.165, 1.54) is 9.80 Å². The standard InChI is InChI=1S/C20H17ClN2O2S/c21-13-6-4-5-12(9-13)18-17-16(15-10-26-11-22(15)18)19(24)23(20(17)25)14-7-2-1-3-8-14/h1-9,15-18H,10-11H2/p+1/t15-,16-,17+,18+/m0/s1. The normalized spacial score (nSPS) is 32.8. The lowest BCUT2D eigenvalue weighted by atomic mass is 9.87. The highest BCUT2D eigenvalue weighted by Gasteiger charge is 2.66. The van der Waals surface area contributed by atoms with E-state index in [0.717, 1.165) is 17.2 Å². The van der Waals surface area contributed by atoms with Gasteiger partial charge in [0.1, 0.15) is 29.8 Å². The van der Waals surface area contributed by atoms with Crippen molar-refractivity contribution in [3.8, 4) is 0 Å². The van der Waals surface area contributed by atoms with Crippen LogP contribution in [0.5, 0.6) is 0 Å². The van der Waals surface area contributed by atoms with E-state index < -0.39 is 0 Å². The van der Waals surface area contributed by atoms with Crippen LogP contribution in [-0.4, -0.2) is 29.5 Å². The van der Waals surface area contributed by atoms with Gasteiger partial charge in [-0.05, 0) is 24.3 Å². The maximum Gasteiger partial charge on any atom is 0.244 e. The number of nitrogens with one attached hydrogen (secondary N) is 1. The van der Waals surface area contributed by atoms with E-state index >= 15 is 0 Å². The number of carbonyl (C=O) groups is 2. The number of nitrogens with zero attached hydrogens (tertiary/aromatic N) is 1. The molecule has 0 spiro atoms. The molecule has 6 heteroatoms. The molecule has 0 radical (unpaired) electrons. The molecule has 4 nitrogen and oxygen atoms in total. The van der Waals surface area contributed by atoms with Crippen molar-refractivity contribution in [2.45, 2.75) is 12.1 Å². The Labute approximate surface area is 161 Å². The molecule has 3 aliphatic heterocycles. The van der Waals surface area contributed by atoms with Gasteiger partial charge in [0.25, 0.3) is 0 Å². The predicted molar refractivity (Wildman–Crippen MR) is 102 cm³/mol. The summed E-state index contributed by atoms with van der Waals surface area (Å²) in [4.78, 5) is 29.3. The van der Waals surface area contributed by atoms with E-state index in [9.17, 15) is 9.59 Å². The highest BCUT2D eigenvalue weighted by Crippen LogP contribution is 2.44. The van der Waals surface area contributed by atoms with Crippen molar-refractivity contribution in [3.63, 3.8) is 0 Å². The van der Waals surface area contributed by atoms with Gasteiger partial charge in [-0.15, -0.1) is 0 Å². The molecule has 2 aromatic rings. The first kappa shape index (κ1) is 16.4. The Morgan fingerprint density at radius 2 is 1.77 bits per heavy atom. The van der Waals surface area contributed by atoms with Crippen LogP contribution in [0.4, 0.5) is 5.69 Å². The smallest absolute Gasteiger partial charge is 0.244 e. The number of benzene rings is 2. The van der Waals surface area contributed by atoms with Gasteiger partial charge in [0, 0.05) is 10.6 Å². The molecule has 3 aliphatic rings. The van der Waals surface area contributed by atoms with Crippen LogP contribution in [0.1, 0.15) is 11.6 Å². The molecule has 2 aromatic carbocycles. The Morgan fingerprint density at radius 1 is 1.00 bits per heavy atom. The van der Waals surface area contributed by atoms with E-state index in [-0.39, 0.29) is 35.7 Å². The molecule has 0 aromatic heterocycles. The summed E-state index contributed by atoms with van der Waals surface area (Å²) < 4.78 is 0. The first-order valence-corrected chi connectivity index (χ1v) is 10.3. The molecule has 3 heterocycles. The summed E-state index contributed by atoms with van der Waals surface area (Å²) in [6.45, 7) is 0. The van der Waals surface area contributed by atoms with Gasteiger partial charge in [-0.25, -0.2) is 4.90 Å². The molecular formula is C20H18ClN2O2S+. The van der Waals surface area contributed by atoms with Gasteiger partial charge < -0.3 is 4.90 Å². The van der Waals surface area contributed by atoms with Crippen molar-refractivity contribution in [3.05, 3.63) is 65.2 Å². The number of amides is 2. The van der Waals surface area contributed by atoms with Crippen LogP contribution in [-0.2, 0) is 9.59 Å². The van der Waals surface area contributed by atoms with Crippen LogP contribution < -0.4 is 9.80 Å². The van der Waals surface area contributed by atoms with Crippen LogP contribution in [0.2, 0.25) is 5.02 Å². The zero-order valence-corrected chi connectivity index (χ0v) is 15.5. The number of imide groups is 1. The third-order valence-electron chi connectivity index (χ3n) is 5.85. The monoisotopic (exact) mass is 385 g/mol. The number of carbonyl (C=O) groups excluding carboxylic acids is 2. The van der Waals surface area contributed by atoms with Crippen molar-refractivity contribution >= 4 is 40.9 Å². The van der Waals surface area contributed by atoms with Crippen LogP contribution in [0.15, 0.2) is 54.6 Å². The summed E-state index contributed by atoms with van der Waals surface area (Å²) in [5, 5.41) is 0.672. The van der Waals surface area contributed by atoms with E-state index in [4.69, 9.17) is 11.6 Å². The number of fused-ring (bicyclic) bond motifs is 3. The number of para-hydroxylation sites is 1. The predicted octanol–water partition coefficient (Wildman–Crippen LogP) is 2.16. The lowest BCUT2D eigenvalue weighted by Gasteiger charge is -2.25. The molecule has 132 valence electrons. The van der Waals surface area contributed by atoms with Crippen molar-refractivity contribution in [2.24, 2.45) is 11.8 Å². The fraction of sp³-hybridized carbons (Fsp3) is 0.300. The third-order valence-corrected chi connectivity index (χ3v) is 7.22. The molecule has 2 amide bonds. The van der Waals surface area contributed by atoms with Crippen molar-refractivity contribution in [1.82, 2.24) is 0 Å². The van der Waals surface area contributed by atoms with Crippen LogP contribution in [0, 0.1) is 11.8 Å². The number of halogens is 1. The number of thioether (sulfide) groups is 1. The van der Waals surface area contributed by atoms with Crippen molar-refractivity contribution in [2.75, 3.05) is 16.5 Å². The number of rotatable bonds is 2. The highest BCUT2D eigenvalue weighted by molar-refractivity contribution is 7.99. The summed E-state index contributed by atoms with van der Waals surface area (Å²) in [6.07, 6.45) is 0. The average Bonchev–Trinajstić information content (AvgIpc) is 3.28. The fourth-order valence-electron chi connectivity index (χ4n) is 4.84. The van der Waals surface area contributed by atoms with Gasteiger partial charge in [0.2, 0.25) is 11.8 Å². The van der Waals surface area contributed by atoms with Crippen molar-refractivity contribution < 1.29 is 14.5 Å². The SMILES string of the molecule is O=C1[C@@H]2[C@@H](C(=O)N1c1ccccc1)[C@@H]1CSC[NH+]1[C@@H]2c1cccc(Cl)c1. The molecule has 26 heavy (non-hydrogen) atoms. The molecule has 0 bridgehead atoms. The second-order valence-corrected chi connectivity index (χ2v) is 8.59. The van der Waals surface area contributed by atoms with Gasteiger partial charge >= 0.3 is 0 Å². The second-order valence-electron chi connectivity index (χ2n) is 7.13. The molecule has 3 fully saturated rings. The van der Waals surface area contributed by atoms with Crippen LogP contribution >= 0.6 is 23.4 Å². The van der Waals surface area contributed by atoms with E-state index in [0.29, 0.717) is 10.7 Å². The Balaban J connectivity index is 1.60. The number of hydrogen-bond donors (Lipinski definition) is 1. The van der Waals surface area contributed by atoms with E-state index in [2.05, 4.69) is 0 Å². The quantitative estimate of drug-likeness (QED) is 0.805. The summed E-state index contributed by atoms with van der Waals surface area (Å²) in [5.41, 5.74) is 1.73. The molecule has 1 N–H and O–H groups in total. The fourth-order valence-corrected chi connectivity index (χ4v) is 6.46. The number of hydrogen-bond acceptors (Lipinski definition) is 3. The summed E-state index contributed by atoms with van der Waals surface area (Å²) in [7, 11) is 0. The maximum absolute atomic E-state index is 13.3. The second kappa shape index (κ2) is 6.12. The summed E-state index contributed by atoms with van der Waals surface area (Å²) >= 11 is 8.09. The largest absolute Gasteiger partial charge is 0.316 e. The first-order chi connectivity index (χ1) is 12.7. The van der Waals surface area contributed by atoms with Gasteiger partial charge in [-0.2, -0.15) is 0 Å². The van der Waals surface area contributed by atoms with Gasteiger partial charge in [0.05, 0.1) is 11.4 Å². The Bertz CT molecular complexity index is 890. The molecule has 0 saturated carbocycles. The van der Waals surface area contributed by atoms with Gasteiger partial charge in [0.15, 0.2) is 0 Å². The number of anilines is 1. The van der Waals surface area contributed by atoms with Crippen molar-refractivity contribution in [1.29, 1.82) is 0 Å². The average molecular weight is 386 g/mol. The Morgan fingerprint density at radius 3 is 2.54 bits per heavy atom. The Hall–Kier alpha value is -1.82. The molecular weight excluding hydrogens is 368 g/mol. The van der Waals surface area contributed by atoms with Gasteiger partial charge in [-0.1, -0.05) is 53.7 Å². The zero-order valence-electron chi connectivity index (χ0n) is 14.0. The minimum Gasteiger partial charge on any atom is -0.316 e. The minimum atomic E-state index is -0.304. The van der Waals surface area contributed by atoms with Crippen LogP contribution in [0.25, 0.3) is 0 Å². The minimum absolute atomic E-state index is 0.0103. The number of quaternary nitrogens is 1. The Kier molecular flexibility index (Phi) is 3.85. The van der Waals surface area contributed by atoms with E-state index in [1.54, 1.807) is 0 Å². The molecule has 1 unspecified atom stereocenters. The molecule has 5 rings (SSSR count). The summed E-state index contributed by atoms with van der Waals surface area (Å²) in [6, 6.07) is 17.2. The lowest BCUT2D eigenvalue weighted by Crippen LogP contribution is -3.12.